The van der Waals surface area contributed by atoms with Crippen molar-refractivity contribution in [2.45, 2.75) is 40.0 Å². The van der Waals surface area contributed by atoms with Gasteiger partial charge in [-0.05, 0) is 57.5 Å². The van der Waals surface area contributed by atoms with Crippen LogP contribution in [0.3, 0.4) is 0 Å². The van der Waals surface area contributed by atoms with Gasteiger partial charge >= 0.3 is 12.0 Å². The first kappa shape index (κ1) is 30.1. The Morgan fingerprint density at radius 1 is 1.02 bits per heavy atom. The number of urea groups is 1. The van der Waals surface area contributed by atoms with Crippen LogP contribution in [-0.4, -0.2) is 63.1 Å². The highest BCUT2D eigenvalue weighted by Crippen LogP contribution is 2.35. The third-order valence-electron chi connectivity index (χ3n) is 5.70. The Hall–Kier alpha value is -4.45. The average Bonchev–Trinajstić information content (AvgIpc) is 2.93. The first-order valence-corrected chi connectivity index (χ1v) is 12.9. The van der Waals surface area contributed by atoms with Crippen molar-refractivity contribution in [2.75, 3.05) is 33.5 Å². The molecule has 1 aliphatic rings. The molecule has 2 aromatic rings. The zero-order valence-electron chi connectivity index (χ0n) is 23.3. The Labute approximate surface area is 233 Å². The molecule has 3 rings (SSSR count). The van der Waals surface area contributed by atoms with Gasteiger partial charge in [0, 0.05) is 17.3 Å². The molecule has 12 heteroatoms. The Kier molecular flexibility index (Phi) is 11.0. The third-order valence-corrected chi connectivity index (χ3v) is 5.70. The molecule has 0 fully saturated rings. The summed E-state index contributed by atoms with van der Waals surface area (Å²) in [6.45, 7) is 8.45. The maximum Gasteiger partial charge on any atom is 0.337 e. The van der Waals surface area contributed by atoms with E-state index in [9.17, 15) is 14.7 Å². The second-order valence-electron chi connectivity index (χ2n) is 8.48. The van der Waals surface area contributed by atoms with Gasteiger partial charge < -0.3 is 39.4 Å². The van der Waals surface area contributed by atoms with E-state index >= 15 is 0 Å². The minimum atomic E-state index is -1.14. The molecular formula is C28H36N4O8. The molecule has 4 N–H and O–H groups in total. The molecule has 2 atom stereocenters. The van der Waals surface area contributed by atoms with Gasteiger partial charge in [0.1, 0.15) is 18.1 Å². The number of rotatable bonds is 14. The fourth-order valence-electron chi connectivity index (χ4n) is 3.97. The number of nitrogens with zero attached hydrogens (tertiary/aromatic N) is 1. The van der Waals surface area contributed by atoms with Crippen LogP contribution in [0.15, 0.2) is 52.8 Å². The second-order valence-corrected chi connectivity index (χ2v) is 8.48. The molecule has 2 amide bonds. The van der Waals surface area contributed by atoms with E-state index in [2.05, 4.69) is 21.2 Å². The minimum Gasteiger partial charge on any atom is -0.494 e. The zero-order valence-corrected chi connectivity index (χ0v) is 23.3. The van der Waals surface area contributed by atoms with Gasteiger partial charge in [-0.2, -0.15) is 5.10 Å². The standard InChI is InChI=1S/C28H36N4O8/c1-6-37-20-11-9-19(22(14-20)38-7-2)15-29-32-24(33)16-40-21-12-10-18(13-23(21)39-8-3)26-25(27(34)36-5)17(4)30-28(35)31-26/h9-15,24,26,32-33H,6-8,16H2,1-5H3,(H2,30,31,35)/b29-15-/t24-,26+/m1/s1. The van der Waals surface area contributed by atoms with Gasteiger partial charge in [-0.25, -0.2) is 9.59 Å². The van der Waals surface area contributed by atoms with Crippen molar-refractivity contribution in [3.63, 3.8) is 0 Å². The minimum absolute atomic E-state index is 0.144. The van der Waals surface area contributed by atoms with E-state index in [0.717, 1.165) is 0 Å². The number of amides is 2. The van der Waals surface area contributed by atoms with Crippen LogP contribution in [0, 0.1) is 0 Å². The molecule has 2 aromatic carbocycles. The fraction of sp³-hybridized carbons (Fsp3) is 0.393. The molecule has 12 nitrogen and oxygen atoms in total. The summed E-state index contributed by atoms with van der Waals surface area (Å²) < 4.78 is 27.6. The van der Waals surface area contributed by atoms with Crippen molar-refractivity contribution < 1.29 is 38.4 Å². The van der Waals surface area contributed by atoms with Crippen LogP contribution in [0.25, 0.3) is 0 Å². The highest BCUT2D eigenvalue weighted by molar-refractivity contribution is 5.95. The summed E-state index contributed by atoms with van der Waals surface area (Å²) in [5.74, 6) is 1.47. The number of hydrazone groups is 1. The molecule has 0 bridgehead atoms. The fourth-order valence-corrected chi connectivity index (χ4v) is 3.97. The third kappa shape index (κ3) is 7.79. The summed E-state index contributed by atoms with van der Waals surface area (Å²) in [4.78, 5) is 24.5. The molecule has 1 heterocycles. The number of hydrogen-bond acceptors (Lipinski definition) is 10. The summed E-state index contributed by atoms with van der Waals surface area (Å²) in [5, 5.41) is 19.8. The number of aliphatic hydroxyl groups is 1. The highest BCUT2D eigenvalue weighted by atomic mass is 16.5. The molecule has 216 valence electrons. The number of nitrogens with one attached hydrogen (secondary N) is 3. The maximum absolute atomic E-state index is 12.4. The van der Waals surface area contributed by atoms with E-state index < -0.39 is 24.3 Å². The number of esters is 1. The number of hydrogen-bond donors (Lipinski definition) is 4. The molecular weight excluding hydrogens is 520 g/mol. The summed E-state index contributed by atoms with van der Waals surface area (Å²) in [6, 6.07) is 9.23. The SMILES string of the molecule is CCOc1ccc(/C=N\N[C@H](O)COc2ccc([C@@H]3NC(=O)NC(C)=C3C(=O)OC)cc2OCC)c(OCC)c1. The van der Waals surface area contributed by atoms with Crippen LogP contribution in [0.4, 0.5) is 4.79 Å². The van der Waals surface area contributed by atoms with E-state index in [4.69, 9.17) is 23.7 Å². The smallest absolute Gasteiger partial charge is 0.337 e. The predicted octanol–water partition coefficient (Wildman–Crippen LogP) is 3.00. The molecule has 0 aromatic heterocycles. The summed E-state index contributed by atoms with van der Waals surface area (Å²) >= 11 is 0. The van der Waals surface area contributed by atoms with Crippen molar-refractivity contribution in [1.82, 2.24) is 16.1 Å². The van der Waals surface area contributed by atoms with E-state index in [1.807, 2.05) is 32.9 Å². The van der Waals surface area contributed by atoms with E-state index in [1.165, 1.54) is 13.3 Å². The number of benzene rings is 2. The lowest BCUT2D eigenvalue weighted by molar-refractivity contribution is -0.136. The molecule has 1 aliphatic heterocycles. The first-order chi connectivity index (χ1) is 19.3. The van der Waals surface area contributed by atoms with Gasteiger partial charge in [-0.3, -0.25) is 5.43 Å². The molecule has 0 radical (unpaired) electrons. The molecule has 0 spiro atoms. The van der Waals surface area contributed by atoms with E-state index in [0.29, 0.717) is 59.6 Å². The van der Waals surface area contributed by atoms with Crippen molar-refractivity contribution in [3.05, 3.63) is 58.8 Å². The quantitative estimate of drug-likeness (QED) is 0.119. The van der Waals surface area contributed by atoms with Crippen LogP contribution >= 0.6 is 0 Å². The van der Waals surface area contributed by atoms with Crippen LogP contribution in [0.5, 0.6) is 23.0 Å². The monoisotopic (exact) mass is 556 g/mol. The van der Waals surface area contributed by atoms with Crippen LogP contribution in [0.1, 0.15) is 44.9 Å². The highest BCUT2D eigenvalue weighted by Gasteiger charge is 2.32. The molecule has 0 saturated heterocycles. The lowest BCUT2D eigenvalue weighted by atomic mass is 9.95. The lowest BCUT2D eigenvalue weighted by Crippen LogP contribution is -2.45. The van der Waals surface area contributed by atoms with Gasteiger partial charge in [0.15, 0.2) is 17.7 Å². The van der Waals surface area contributed by atoms with Crippen LogP contribution < -0.4 is 35.0 Å². The number of carbonyl (C=O) groups is 2. The zero-order chi connectivity index (χ0) is 29.1. The Balaban J connectivity index is 1.69. The predicted molar refractivity (Wildman–Crippen MR) is 148 cm³/mol. The van der Waals surface area contributed by atoms with Gasteiger partial charge in [0.25, 0.3) is 0 Å². The number of aliphatic hydroxyl groups excluding tert-OH is 1. The van der Waals surface area contributed by atoms with Crippen LogP contribution in [0.2, 0.25) is 0 Å². The van der Waals surface area contributed by atoms with Crippen molar-refractivity contribution in [2.24, 2.45) is 5.10 Å². The van der Waals surface area contributed by atoms with Crippen LogP contribution in [-0.2, 0) is 9.53 Å². The summed E-state index contributed by atoms with van der Waals surface area (Å²) in [7, 11) is 1.28. The normalized spacial score (nSPS) is 15.7. The number of ether oxygens (including phenoxy) is 5. The molecule has 0 saturated carbocycles. The average molecular weight is 557 g/mol. The number of allylic oxidation sites excluding steroid dienone is 1. The largest absolute Gasteiger partial charge is 0.494 e. The van der Waals surface area contributed by atoms with Gasteiger partial charge in [-0.1, -0.05) is 6.07 Å². The van der Waals surface area contributed by atoms with Gasteiger partial charge in [-0.15, -0.1) is 0 Å². The van der Waals surface area contributed by atoms with Gasteiger partial charge in [0.2, 0.25) is 0 Å². The summed E-state index contributed by atoms with van der Waals surface area (Å²) in [5.41, 5.74) is 4.59. The Morgan fingerprint density at radius 2 is 1.75 bits per heavy atom. The Morgan fingerprint density at radius 3 is 2.45 bits per heavy atom. The van der Waals surface area contributed by atoms with E-state index in [1.54, 1.807) is 31.2 Å². The van der Waals surface area contributed by atoms with Crippen molar-refractivity contribution in [3.8, 4) is 23.0 Å². The van der Waals surface area contributed by atoms with Crippen molar-refractivity contribution in [1.29, 1.82) is 0 Å². The maximum atomic E-state index is 12.4. The van der Waals surface area contributed by atoms with Gasteiger partial charge in [0.05, 0.1) is 44.8 Å². The molecule has 0 unspecified atom stereocenters. The number of carbonyl (C=O) groups excluding carboxylic acids is 2. The van der Waals surface area contributed by atoms with Crippen molar-refractivity contribution >= 4 is 18.2 Å². The topological polar surface area (TPSA) is 149 Å². The first-order valence-electron chi connectivity index (χ1n) is 12.9. The van der Waals surface area contributed by atoms with E-state index in [-0.39, 0.29) is 12.2 Å². The Bertz CT molecular complexity index is 1250. The lowest BCUT2D eigenvalue weighted by Gasteiger charge is -2.28. The number of methoxy groups -OCH3 is 1. The molecule has 40 heavy (non-hydrogen) atoms. The second kappa shape index (κ2) is 14.6. The summed E-state index contributed by atoms with van der Waals surface area (Å²) in [6.07, 6.45) is 0.398. The molecule has 0 aliphatic carbocycles.